The maximum atomic E-state index is 13.3. The first-order chi connectivity index (χ1) is 8.40. The first-order valence-corrected chi connectivity index (χ1v) is 6.15. The zero-order chi connectivity index (χ0) is 13.7. The van der Waals surface area contributed by atoms with E-state index in [4.69, 9.17) is 16.7 Å². The molecule has 0 amide bonds. The van der Waals surface area contributed by atoms with Crippen molar-refractivity contribution in [3.05, 3.63) is 34.6 Å². The van der Waals surface area contributed by atoms with Crippen LogP contribution < -0.4 is 0 Å². The summed E-state index contributed by atoms with van der Waals surface area (Å²) in [4.78, 5) is 12.5. The molecular formula is C13H17ClFNO2. The van der Waals surface area contributed by atoms with Crippen LogP contribution in [0.15, 0.2) is 18.2 Å². The Hall–Kier alpha value is -1.13. The highest BCUT2D eigenvalue weighted by molar-refractivity contribution is 6.31. The number of aliphatic carboxylic acids is 1. The van der Waals surface area contributed by atoms with E-state index in [2.05, 4.69) is 0 Å². The van der Waals surface area contributed by atoms with Gasteiger partial charge in [-0.2, -0.15) is 0 Å². The number of benzene rings is 1. The van der Waals surface area contributed by atoms with E-state index in [9.17, 15) is 9.18 Å². The van der Waals surface area contributed by atoms with E-state index in [0.717, 1.165) is 0 Å². The first-order valence-electron chi connectivity index (χ1n) is 5.77. The van der Waals surface area contributed by atoms with Gasteiger partial charge in [0.05, 0.1) is 11.6 Å². The van der Waals surface area contributed by atoms with Crippen molar-refractivity contribution in [3.8, 4) is 0 Å². The van der Waals surface area contributed by atoms with E-state index < -0.39 is 11.8 Å². The molecule has 0 bridgehead atoms. The van der Waals surface area contributed by atoms with Gasteiger partial charge in [-0.1, -0.05) is 37.6 Å². The number of nitrogens with zero attached hydrogens (tertiary/aromatic N) is 1. The van der Waals surface area contributed by atoms with E-state index in [1.165, 1.54) is 6.07 Å². The van der Waals surface area contributed by atoms with Gasteiger partial charge in [0, 0.05) is 13.1 Å². The number of carboxylic acids is 1. The van der Waals surface area contributed by atoms with Crippen LogP contribution in [0, 0.1) is 11.7 Å². The van der Waals surface area contributed by atoms with Crippen molar-refractivity contribution in [1.29, 1.82) is 0 Å². The smallest absolute Gasteiger partial charge is 0.317 e. The van der Waals surface area contributed by atoms with Crippen molar-refractivity contribution < 1.29 is 14.3 Å². The molecule has 0 atom stereocenters. The lowest BCUT2D eigenvalue weighted by Crippen LogP contribution is -2.32. The summed E-state index contributed by atoms with van der Waals surface area (Å²) in [6.07, 6.45) is 0. The summed E-state index contributed by atoms with van der Waals surface area (Å²) in [6.45, 7) is 4.88. The summed E-state index contributed by atoms with van der Waals surface area (Å²) in [6, 6.07) is 4.57. The second-order valence-electron chi connectivity index (χ2n) is 4.67. The SMILES string of the molecule is CC(C)CN(CC(=O)O)Cc1cccc(F)c1Cl. The van der Waals surface area contributed by atoms with E-state index in [-0.39, 0.29) is 11.6 Å². The van der Waals surface area contributed by atoms with Gasteiger partial charge < -0.3 is 5.11 Å². The summed E-state index contributed by atoms with van der Waals surface area (Å²) < 4.78 is 13.3. The van der Waals surface area contributed by atoms with Crippen LogP contribution >= 0.6 is 11.6 Å². The third-order valence-corrected chi connectivity index (χ3v) is 2.83. The molecule has 0 spiro atoms. The molecule has 0 aromatic heterocycles. The number of hydrogen-bond acceptors (Lipinski definition) is 2. The average Bonchev–Trinajstić information content (AvgIpc) is 2.23. The number of carbonyl (C=O) groups is 1. The van der Waals surface area contributed by atoms with E-state index in [1.54, 1.807) is 17.0 Å². The monoisotopic (exact) mass is 273 g/mol. The third-order valence-electron chi connectivity index (χ3n) is 2.41. The second kappa shape index (κ2) is 6.71. The predicted octanol–water partition coefficient (Wildman–Crippen LogP) is 3.02. The fourth-order valence-electron chi connectivity index (χ4n) is 1.80. The van der Waals surface area contributed by atoms with Crippen molar-refractivity contribution in [2.45, 2.75) is 20.4 Å². The van der Waals surface area contributed by atoms with Crippen molar-refractivity contribution >= 4 is 17.6 Å². The lowest BCUT2D eigenvalue weighted by atomic mass is 10.1. The van der Waals surface area contributed by atoms with Gasteiger partial charge in [0.15, 0.2) is 0 Å². The van der Waals surface area contributed by atoms with Gasteiger partial charge in [0.25, 0.3) is 0 Å². The van der Waals surface area contributed by atoms with Gasteiger partial charge in [-0.3, -0.25) is 9.69 Å². The van der Waals surface area contributed by atoms with Crippen LogP contribution in [0.25, 0.3) is 0 Å². The topological polar surface area (TPSA) is 40.5 Å². The van der Waals surface area contributed by atoms with Crippen LogP contribution in [0.4, 0.5) is 4.39 Å². The minimum absolute atomic E-state index is 0.0663. The Morgan fingerprint density at radius 3 is 2.72 bits per heavy atom. The van der Waals surface area contributed by atoms with Crippen molar-refractivity contribution in [2.24, 2.45) is 5.92 Å². The summed E-state index contributed by atoms with van der Waals surface area (Å²) in [5.41, 5.74) is 0.610. The van der Waals surface area contributed by atoms with Gasteiger partial charge in [-0.25, -0.2) is 4.39 Å². The fourth-order valence-corrected chi connectivity index (χ4v) is 1.99. The quantitative estimate of drug-likeness (QED) is 0.866. The van der Waals surface area contributed by atoms with Crippen LogP contribution in [0.3, 0.4) is 0 Å². The zero-order valence-corrected chi connectivity index (χ0v) is 11.2. The Morgan fingerprint density at radius 1 is 1.50 bits per heavy atom. The Bertz CT molecular complexity index is 423. The van der Waals surface area contributed by atoms with Crippen LogP contribution in [0.5, 0.6) is 0 Å². The van der Waals surface area contributed by atoms with Crippen LogP contribution in [0.2, 0.25) is 5.02 Å². The molecule has 0 aliphatic rings. The molecule has 18 heavy (non-hydrogen) atoms. The molecule has 0 aliphatic heterocycles. The molecule has 3 nitrogen and oxygen atoms in total. The molecule has 0 heterocycles. The summed E-state index contributed by atoms with van der Waals surface area (Å²) in [7, 11) is 0. The van der Waals surface area contributed by atoms with Crippen molar-refractivity contribution in [2.75, 3.05) is 13.1 Å². The van der Waals surface area contributed by atoms with Crippen molar-refractivity contribution in [1.82, 2.24) is 4.90 Å². The van der Waals surface area contributed by atoms with E-state index >= 15 is 0 Å². The number of hydrogen-bond donors (Lipinski definition) is 1. The largest absolute Gasteiger partial charge is 0.480 e. The Kier molecular flexibility index (Phi) is 5.56. The highest BCUT2D eigenvalue weighted by atomic mass is 35.5. The molecule has 100 valence electrons. The molecule has 1 aromatic rings. The van der Waals surface area contributed by atoms with Gasteiger partial charge in [-0.05, 0) is 17.5 Å². The minimum Gasteiger partial charge on any atom is -0.480 e. The lowest BCUT2D eigenvalue weighted by molar-refractivity contribution is -0.138. The maximum Gasteiger partial charge on any atom is 0.317 e. The highest BCUT2D eigenvalue weighted by Crippen LogP contribution is 2.21. The first kappa shape index (κ1) is 14.9. The van der Waals surface area contributed by atoms with Gasteiger partial charge in [0.1, 0.15) is 5.82 Å². The van der Waals surface area contributed by atoms with E-state index in [0.29, 0.717) is 24.6 Å². The molecule has 1 rings (SSSR count). The molecular weight excluding hydrogens is 257 g/mol. The zero-order valence-electron chi connectivity index (χ0n) is 10.5. The summed E-state index contributed by atoms with van der Waals surface area (Å²) in [5, 5.41) is 8.92. The lowest BCUT2D eigenvalue weighted by Gasteiger charge is -2.22. The maximum absolute atomic E-state index is 13.3. The van der Waals surface area contributed by atoms with Gasteiger partial charge in [0.2, 0.25) is 0 Å². The molecule has 0 saturated heterocycles. The van der Waals surface area contributed by atoms with E-state index in [1.807, 2.05) is 13.8 Å². The number of rotatable bonds is 6. The minimum atomic E-state index is -0.900. The standard InChI is InChI=1S/C13H17ClFNO2/c1-9(2)6-16(8-12(17)18)7-10-4-3-5-11(15)13(10)14/h3-5,9H,6-8H2,1-2H3,(H,17,18). The van der Waals surface area contributed by atoms with Crippen molar-refractivity contribution in [3.63, 3.8) is 0 Å². The van der Waals surface area contributed by atoms with Crippen LogP contribution in [-0.4, -0.2) is 29.1 Å². The fraction of sp³-hybridized carbons (Fsp3) is 0.462. The molecule has 0 fully saturated rings. The Balaban J connectivity index is 2.81. The molecule has 0 aliphatic carbocycles. The Labute approximate surface area is 111 Å². The molecule has 0 saturated carbocycles. The third kappa shape index (κ3) is 4.63. The van der Waals surface area contributed by atoms with Gasteiger partial charge in [-0.15, -0.1) is 0 Å². The summed E-state index contributed by atoms with van der Waals surface area (Å²) in [5.74, 6) is -1.05. The highest BCUT2D eigenvalue weighted by Gasteiger charge is 2.14. The Morgan fingerprint density at radius 2 is 2.17 bits per heavy atom. The molecule has 1 aromatic carbocycles. The normalized spacial score (nSPS) is 11.2. The average molecular weight is 274 g/mol. The van der Waals surface area contributed by atoms with Gasteiger partial charge >= 0.3 is 5.97 Å². The summed E-state index contributed by atoms with van der Waals surface area (Å²) >= 11 is 5.86. The second-order valence-corrected chi connectivity index (χ2v) is 5.05. The number of halogens is 2. The molecule has 1 N–H and O–H groups in total. The molecule has 0 unspecified atom stereocenters. The molecule has 5 heteroatoms. The van der Waals surface area contributed by atoms with Crippen LogP contribution in [0.1, 0.15) is 19.4 Å². The number of carboxylic acid groups (broad SMARTS) is 1. The predicted molar refractivity (Wildman–Crippen MR) is 69.2 cm³/mol. The van der Waals surface area contributed by atoms with Crippen LogP contribution in [-0.2, 0) is 11.3 Å². The molecule has 0 radical (unpaired) electrons.